The maximum atomic E-state index is 10.2. The molecular formula is C25H25N5O2. The van der Waals surface area contributed by atoms with Gasteiger partial charge in [0.2, 0.25) is 5.95 Å². The summed E-state index contributed by atoms with van der Waals surface area (Å²) in [6.07, 6.45) is 6.09. The highest BCUT2D eigenvalue weighted by Gasteiger charge is 2.13. The van der Waals surface area contributed by atoms with Crippen LogP contribution in [0.3, 0.4) is 0 Å². The predicted octanol–water partition coefficient (Wildman–Crippen LogP) is 3.20. The van der Waals surface area contributed by atoms with Crippen molar-refractivity contribution >= 4 is 22.7 Å². The molecule has 0 spiro atoms. The number of aliphatic hydroxyl groups excluding tert-OH is 1. The molecule has 7 heteroatoms. The molecule has 2 aromatic heterocycles. The quantitative estimate of drug-likeness (QED) is 0.337. The number of hydrogen-bond acceptors (Lipinski definition) is 6. The van der Waals surface area contributed by atoms with Gasteiger partial charge in [-0.1, -0.05) is 18.1 Å². The maximum Gasteiger partial charge on any atom is 0.201 e. The fraction of sp³-hybridized carbons (Fsp3) is 0.200. The number of hydrogen-bond donors (Lipinski definition) is 4. The molecule has 4 aromatic rings. The molecule has 2 aromatic carbocycles. The van der Waals surface area contributed by atoms with E-state index in [0.717, 1.165) is 39.1 Å². The van der Waals surface area contributed by atoms with Crippen LogP contribution >= 0.6 is 0 Å². The number of nitrogens with one attached hydrogen (secondary N) is 1. The number of benzene rings is 2. The van der Waals surface area contributed by atoms with Gasteiger partial charge in [0.1, 0.15) is 11.4 Å². The Kier molecular flexibility index (Phi) is 5.97. The summed E-state index contributed by atoms with van der Waals surface area (Å²) >= 11 is 0. The Morgan fingerprint density at radius 1 is 1.12 bits per heavy atom. The molecule has 2 heterocycles. The van der Waals surface area contributed by atoms with Crippen LogP contribution in [0.1, 0.15) is 28.1 Å². The number of pyridine rings is 1. The van der Waals surface area contributed by atoms with Crippen LogP contribution in [0.25, 0.3) is 11.0 Å². The highest BCUT2D eigenvalue weighted by Crippen LogP contribution is 2.25. The van der Waals surface area contributed by atoms with Crippen molar-refractivity contribution in [2.24, 2.45) is 0 Å². The molecule has 0 fully saturated rings. The average Bonchev–Trinajstić information content (AvgIpc) is 3.10. The van der Waals surface area contributed by atoms with Crippen LogP contribution in [0.5, 0.6) is 5.75 Å². The van der Waals surface area contributed by atoms with Gasteiger partial charge >= 0.3 is 0 Å². The number of nitrogen functional groups attached to an aromatic ring is 1. The molecule has 0 aliphatic rings. The highest BCUT2D eigenvalue weighted by atomic mass is 16.3. The van der Waals surface area contributed by atoms with E-state index in [0.29, 0.717) is 31.2 Å². The molecule has 0 aliphatic heterocycles. The van der Waals surface area contributed by atoms with Gasteiger partial charge in [-0.3, -0.25) is 4.98 Å². The van der Waals surface area contributed by atoms with Crippen molar-refractivity contribution in [3.05, 3.63) is 76.6 Å². The van der Waals surface area contributed by atoms with E-state index < -0.39 is 0 Å². The summed E-state index contributed by atoms with van der Waals surface area (Å²) < 4.78 is 1.84. The van der Waals surface area contributed by atoms with Gasteiger partial charge in [0.05, 0.1) is 17.6 Å². The minimum Gasteiger partial charge on any atom is -0.506 e. The number of aryl methyl sites for hydroxylation is 1. The largest absolute Gasteiger partial charge is 0.506 e. The third-order valence-corrected chi connectivity index (χ3v) is 5.38. The summed E-state index contributed by atoms with van der Waals surface area (Å²) in [5, 5.41) is 23.0. The van der Waals surface area contributed by atoms with E-state index in [2.05, 4.69) is 21.2 Å². The predicted molar refractivity (Wildman–Crippen MR) is 126 cm³/mol. The van der Waals surface area contributed by atoms with Crippen molar-refractivity contribution in [3.8, 4) is 18.1 Å². The van der Waals surface area contributed by atoms with Gasteiger partial charge in [-0.2, -0.15) is 0 Å². The van der Waals surface area contributed by atoms with Gasteiger partial charge in [-0.05, 0) is 60.9 Å². The number of aromatic nitrogens is 3. The molecule has 0 amide bonds. The van der Waals surface area contributed by atoms with E-state index >= 15 is 0 Å². The van der Waals surface area contributed by atoms with Gasteiger partial charge in [0.15, 0.2) is 0 Å². The van der Waals surface area contributed by atoms with Crippen molar-refractivity contribution in [3.63, 3.8) is 0 Å². The lowest BCUT2D eigenvalue weighted by molar-refractivity contribution is 0.300. The molecular weight excluding hydrogens is 402 g/mol. The number of imidazole rings is 1. The van der Waals surface area contributed by atoms with Crippen molar-refractivity contribution in [2.75, 3.05) is 17.7 Å². The van der Waals surface area contributed by atoms with Gasteiger partial charge in [-0.15, -0.1) is 6.42 Å². The average molecular weight is 428 g/mol. The van der Waals surface area contributed by atoms with Crippen molar-refractivity contribution in [1.29, 1.82) is 0 Å². The first-order valence-corrected chi connectivity index (χ1v) is 10.3. The third kappa shape index (κ3) is 4.36. The van der Waals surface area contributed by atoms with Gasteiger partial charge < -0.3 is 25.8 Å². The van der Waals surface area contributed by atoms with Gasteiger partial charge in [0, 0.05) is 30.1 Å². The van der Waals surface area contributed by atoms with Crippen LogP contribution in [0.15, 0.2) is 48.5 Å². The number of nitrogens with zero attached hydrogens (tertiary/aromatic N) is 3. The monoisotopic (exact) mass is 427 g/mol. The normalized spacial score (nSPS) is 10.9. The molecule has 0 aliphatic carbocycles. The lowest BCUT2D eigenvalue weighted by Crippen LogP contribution is -2.07. The van der Waals surface area contributed by atoms with Gasteiger partial charge in [0.25, 0.3) is 0 Å². The fourth-order valence-electron chi connectivity index (χ4n) is 3.70. The Balaban J connectivity index is 1.62. The molecule has 32 heavy (non-hydrogen) atoms. The molecule has 0 saturated carbocycles. The summed E-state index contributed by atoms with van der Waals surface area (Å²) in [7, 11) is 0. The summed E-state index contributed by atoms with van der Waals surface area (Å²) in [4.78, 5) is 8.88. The molecule has 7 nitrogen and oxygen atoms in total. The topological polar surface area (TPSA) is 109 Å². The van der Waals surface area contributed by atoms with E-state index in [-0.39, 0.29) is 12.4 Å². The fourth-order valence-corrected chi connectivity index (χ4v) is 3.70. The van der Waals surface area contributed by atoms with E-state index in [1.54, 1.807) is 12.1 Å². The Morgan fingerprint density at radius 2 is 1.97 bits per heavy atom. The summed E-state index contributed by atoms with van der Waals surface area (Å²) in [5.41, 5.74) is 12.9. The Hall–Kier alpha value is -4.02. The van der Waals surface area contributed by atoms with Gasteiger partial charge in [-0.25, -0.2) is 4.98 Å². The van der Waals surface area contributed by atoms with Crippen molar-refractivity contribution < 1.29 is 10.2 Å². The van der Waals surface area contributed by atoms with Crippen LogP contribution in [0, 0.1) is 19.3 Å². The zero-order valence-corrected chi connectivity index (χ0v) is 17.8. The molecule has 0 saturated heterocycles. The number of aromatic hydroxyl groups is 1. The first-order valence-electron chi connectivity index (χ1n) is 10.3. The molecule has 4 rings (SSSR count). The van der Waals surface area contributed by atoms with Crippen LogP contribution < -0.4 is 11.1 Å². The Morgan fingerprint density at radius 3 is 2.75 bits per heavy atom. The first kappa shape index (κ1) is 21.2. The minimum atomic E-state index is 0.0638. The summed E-state index contributed by atoms with van der Waals surface area (Å²) in [5.74, 6) is 3.13. The smallest absolute Gasteiger partial charge is 0.201 e. The SMILES string of the molecule is C#Cc1ccc(CCO)c(NCc2ccc3nc(N)n(Cc4nc(C)ccc4O)c3c2)c1. The lowest BCUT2D eigenvalue weighted by Gasteiger charge is -2.13. The van der Waals surface area contributed by atoms with E-state index in [9.17, 15) is 10.2 Å². The van der Waals surface area contributed by atoms with Crippen LogP contribution in [-0.4, -0.2) is 31.4 Å². The molecule has 0 bridgehead atoms. The standard InChI is InChI=1S/C25H25N5O2/c1-3-17-5-7-19(10-11-31)21(12-17)27-14-18-6-8-20-23(13-18)30(25(26)29-20)15-22-24(32)9-4-16(2)28-22/h1,4-9,12-13,27,31-32H,10-11,14-15H2,2H3,(H2,26,29). The summed E-state index contributed by atoms with van der Waals surface area (Å²) in [6, 6.07) is 15.1. The van der Waals surface area contributed by atoms with Crippen LogP contribution in [-0.2, 0) is 19.5 Å². The molecule has 0 radical (unpaired) electrons. The first-order chi connectivity index (χ1) is 15.5. The molecule has 0 unspecified atom stereocenters. The number of fused-ring (bicyclic) bond motifs is 1. The third-order valence-electron chi connectivity index (χ3n) is 5.38. The molecule has 5 N–H and O–H groups in total. The van der Waals surface area contributed by atoms with E-state index in [1.807, 2.05) is 47.9 Å². The Bertz CT molecular complexity index is 1320. The molecule has 162 valence electrons. The van der Waals surface area contributed by atoms with Crippen molar-refractivity contribution in [1.82, 2.24) is 14.5 Å². The summed E-state index contributed by atoms with van der Waals surface area (Å²) in [6.45, 7) is 2.82. The number of nitrogens with two attached hydrogens (primary N) is 1. The van der Waals surface area contributed by atoms with Crippen LogP contribution in [0.2, 0.25) is 0 Å². The highest BCUT2D eigenvalue weighted by molar-refractivity contribution is 5.79. The lowest BCUT2D eigenvalue weighted by atomic mass is 10.1. The zero-order chi connectivity index (χ0) is 22.7. The maximum absolute atomic E-state index is 10.2. The number of rotatable bonds is 7. The minimum absolute atomic E-state index is 0.0638. The van der Waals surface area contributed by atoms with E-state index in [1.165, 1.54) is 0 Å². The number of anilines is 2. The second-order valence-electron chi connectivity index (χ2n) is 7.64. The second-order valence-corrected chi connectivity index (χ2v) is 7.64. The zero-order valence-electron chi connectivity index (χ0n) is 17.8. The number of aliphatic hydroxyl groups is 1. The van der Waals surface area contributed by atoms with Crippen LogP contribution in [0.4, 0.5) is 11.6 Å². The Labute approximate surface area is 186 Å². The molecule has 0 atom stereocenters. The number of terminal acetylenes is 1. The second kappa shape index (κ2) is 9.00. The van der Waals surface area contributed by atoms with Crippen molar-refractivity contribution in [2.45, 2.75) is 26.4 Å². The van der Waals surface area contributed by atoms with E-state index in [4.69, 9.17) is 12.2 Å².